The van der Waals surface area contributed by atoms with E-state index in [1.54, 1.807) is 26.0 Å². The van der Waals surface area contributed by atoms with Gasteiger partial charge < -0.3 is 10.5 Å². The van der Waals surface area contributed by atoms with Crippen LogP contribution in [0.2, 0.25) is 0 Å². The van der Waals surface area contributed by atoms with Gasteiger partial charge in [-0.3, -0.25) is 9.59 Å². The number of esters is 1. The minimum absolute atomic E-state index is 0.0974. The number of rotatable bonds is 6. The highest BCUT2D eigenvalue weighted by atomic mass is 32.2. The van der Waals surface area contributed by atoms with Gasteiger partial charge in [0, 0.05) is 0 Å². The Morgan fingerprint density at radius 2 is 1.95 bits per heavy atom. The van der Waals surface area contributed by atoms with Crippen LogP contribution in [0.25, 0.3) is 0 Å². The Bertz CT molecular complexity index is 625. The van der Waals surface area contributed by atoms with Crippen LogP contribution < -0.4 is 10.5 Å². The van der Waals surface area contributed by atoms with Gasteiger partial charge in [0.25, 0.3) is 5.91 Å². The van der Waals surface area contributed by atoms with E-state index < -0.39 is 35.1 Å². The number of ether oxygens (including phenoxy) is 1. The number of benzene rings is 1. The lowest BCUT2D eigenvalue weighted by Gasteiger charge is -2.09. The molecule has 20 heavy (non-hydrogen) atoms. The molecule has 0 saturated heterocycles. The van der Waals surface area contributed by atoms with Crippen molar-refractivity contribution in [3.63, 3.8) is 0 Å². The number of primary amides is 1. The average molecular weight is 300 g/mol. The summed E-state index contributed by atoms with van der Waals surface area (Å²) in [6.07, 6.45) is 0. The highest BCUT2D eigenvalue weighted by Crippen LogP contribution is 2.16. The molecule has 0 aliphatic rings. The van der Waals surface area contributed by atoms with Gasteiger partial charge in [-0.1, -0.05) is 12.1 Å². The monoisotopic (exact) mass is 300 g/mol. The Morgan fingerprint density at radius 1 is 1.30 bits per heavy atom. The Hall–Kier alpha value is -1.93. The third-order valence-electron chi connectivity index (χ3n) is 2.42. The minimum atomic E-state index is -3.81. The predicted octanol–water partition coefficient (Wildman–Crippen LogP) is -0.390. The fourth-order valence-corrected chi connectivity index (χ4v) is 2.73. The van der Waals surface area contributed by atoms with Crippen LogP contribution in [0.1, 0.15) is 11.1 Å². The van der Waals surface area contributed by atoms with Crippen molar-refractivity contribution in [1.82, 2.24) is 4.72 Å². The summed E-state index contributed by atoms with van der Waals surface area (Å²) in [5.74, 6) is -1.69. The number of carbonyl (C=O) groups is 2. The number of aryl methyl sites for hydroxylation is 2. The molecular formula is C12H16N2O5S. The summed E-state index contributed by atoms with van der Waals surface area (Å²) in [4.78, 5) is 21.7. The maximum Gasteiger partial charge on any atom is 0.321 e. The van der Waals surface area contributed by atoms with E-state index in [2.05, 4.69) is 9.46 Å². The molecule has 0 aliphatic heterocycles. The number of nitrogens with two attached hydrogens (primary N) is 1. The zero-order valence-corrected chi connectivity index (χ0v) is 12.0. The summed E-state index contributed by atoms with van der Waals surface area (Å²) in [7, 11) is -3.81. The molecule has 0 atom stereocenters. The summed E-state index contributed by atoms with van der Waals surface area (Å²) in [6.45, 7) is 2.27. The predicted molar refractivity (Wildman–Crippen MR) is 71.3 cm³/mol. The Kier molecular flexibility index (Phi) is 5.23. The van der Waals surface area contributed by atoms with Crippen LogP contribution in [-0.2, 0) is 24.3 Å². The largest absolute Gasteiger partial charge is 0.455 e. The van der Waals surface area contributed by atoms with Crippen molar-refractivity contribution in [2.45, 2.75) is 18.7 Å². The molecule has 0 saturated carbocycles. The molecule has 1 amide bonds. The second-order valence-corrected chi connectivity index (χ2v) is 5.96. The zero-order chi connectivity index (χ0) is 15.3. The summed E-state index contributed by atoms with van der Waals surface area (Å²) in [5, 5.41) is 0. The lowest BCUT2D eigenvalue weighted by molar-refractivity contribution is -0.146. The van der Waals surface area contributed by atoms with Crippen molar-refractivity contribution < 1.29 is 22.7 Å². The number of carbonyl (C=O) groups excluding carboxylic acids is 2. The van der Waals surface area contributed by atoms with Crippen molar-refractivity contribution in [2.75, 3.05) is 13.2 Å². The molecule has 0 heterocycles. The molecule has 0 spiro atoms. The standard InChI is InChI=1S/C12H16N2O5S/c1-8-3-4-9(2)10(5-8)20(17,18)14-6-12(16)19-7-11(13)15/h3-5,14H,6-7H2,1-2H3,(H2,13,15). The normalized spacial score (nSPS) is 11.1. The number of hydrogen-bond donors (Lipinski definition) is 2. The molecule has 110 valence electrons. The van der Waals surface area contributed by atoms with Gasteiger partial charge in [0.05, 0.1) is 4.90 Å². The highest BCUT2D eigenvalue weighted by molar-refractivity contribution is 7.89. The maximum atomic E-state index is 12.0. The fraction of sp³-hybridized carbons (Fsp3) is 0.333. The summed E-state index contributed by atoms with van der Waals surface area (Å²) in [5.41, 5.74) is 6.14. The van der Waals surface area contributed by atoms with Crippen LogP contribution in [0.15, 0.2) is 23.1 Å². The third-order valence-corrected chi connectivity index (χ3v) is 3.96. The van der Waals surface area contributed by atoms with E-state index in [1.807, 2.05) is 0 Å². The van der Waals surface area contributed by atoms with E-state index in [9.17, 15) is 18.0 Å². The third kappa shape index (κ3) is 4.63. The molecule has 0 aromatic heterocycles. The molecule has 7 nitrogen and oxygen atoms in total. The summed E-state index contributed by atoms with van der Waals surface area (Å²) in [6, 6.07) is 4.97. The zero-order valence-electron chi connectivity index (χ0n) is 11.2. The van der Waals surface area contributed by atoms with E-state index >= 15 is 0 Å². The molecule has 8 heteroatoms. The van der Waals surface area contributed by atoms with Crippen molar-refractivity contribution in [2.24, 2.45) is 5.73 Å². The number of amides is 1. The first-order valence-corrected chi connectivity index (χ1v) is 7.21. The second-order valence-electron chi connectivity index (χ2n) is 4.22. The topological polar surface area (TPSA) is 116 Å². The second kappa shape index (κ2) is 6.49. The van der Waals surface area contributed by atoms with E-state index in [-0.39, 0.29) is 4.90 Å². The van der Waals surface area contributed by atoms with Gasteiger partial charge in [0.1, 0.15) is 6.54 Å². The number of hydrogen-bond acceptors (Lipinski definition) is 5. The van der Waals surface area contributed by atoms with Crippen LogP contribution in [0, 0.1) is 13.8 Å². The molecule has 0 bridgehead atoms. The van der Waals surface area contributed by atoms with Crippen molar-refractivity contribution in [3.05, 3.63) is 29.3 Å². The van der Waals surface area contributed by atoms with Gasteiger partial charge >= 0.3 is 5.97 Å². The first-order chi connectivity index (χ1) is 9.22. The minimum Gasteiger partial charge on any atom is -0.455 e. The van der Waals surface area contributed by atoms with Gasteiger partial charge in [0.15, 0.2) is 6.61 Å². The van der Waals surface area contributed by atoms with Crippen LogP contribution in [0.5, 0.6) is 0 Å². The molecule has 0 unspecified atom stereocenters. The maximum absolute atomic E-state index is 12.0. The lowest BCUT2D eigenvalue weighted by Crippen LogP contribution is -2.32. The van der Waals surface area contributed by atoms with Crippen LogP contribution in [0.4, 0.5) is 0 Å². The van der Waals surface area contributed by atoms with Gasteiger partial charge in [-0.15, -0.1) is 0 Å². The van der Waals surface area contributed by atoms with Crippen molar-refractivity contribution in [1.29, 1.82) is 0 Å². The van der Waals surface area contributed by atoms with E-state index in [0.717, 1.165) is 5.56 Å². The Labute approximate surface area is 117 Å². The van der Waals surface area contributed by atoms with Crippen LogP contribution >= 0.6 is 0 Å². The SMILES string of the molecule is Cc1ccc(C)c(S(=O)(=O)NCC(=O)OCC(N)=O)c1. The van der Waals surface area contributed by atoms with Crippen LogP contribution in [0.3, 0.4) is 0 Å². The fourth-order valence-electron chi connectivity index (χ4n) is 1.43. The van der Waals surface area contributed by atoms with Gasteiger partial charge in [0.2, 0.25) is 10.0 Å². The molecule has 1 aromatic rings. The van der Waals surface area contributed by atoms with E-state index in [4.69, 9.17) is 5.73 Å². The highest BCUT2D eigenvalue weighted by Gasteiger charge is 2.18. The van der Waals surface area contributed by atoms with Crippen LogP contribution in [-0.4, -0.2) is 33.4 Å². The molecule has 3 N–H and O–H groups in total. The van der Waals surface area contributed by atoms with Gasteiger partial charge in [-0.2, -0.15) is 4.72 Å². The average Bonchev–Trinajstić information content (AvgIpc) is 2.36. The van der Waals surface area contributed by atoms with Crippen molar-refractivity contribution in [3.8, 4) is 0 Å². The summed E-state index contributed by atoms with van der Waals surface area (Å²) >= 11 is 0. The molecule has 1 aromatic carbocycles. The smallest absolute Gasteiger partial charge is 0.321 e. The molecule has 1 rings (SSSR count). The molecule has 0 radical (unpaired) electrons. The van der Waals surface area contributed by atoms with Gasteiger partial charge in [-0.25, -0.2) is 8.42 Å². The Balaban J connectivity index is 2.73. The number of nitrogens with one attached hydrogen (secondary N) is 1. The molecule has 0 aliphatic carbocycles. The lowest BCUT2D eigenvalue weighted by atomic mass is 10.2. The number of sulfonamides is 1. The van der Waals surface area contributed by atoms with Gasteiger partial charge in [-0.05, 0) is 31.0 Å². The molecular weight excluding hydrogens is 284 g/mol. The van der Waals surface area contributed by atoms with E-state index in [1.165, 1.54) is 6.07 Å². The Morgan fingerprint density at radius 3 is 2.55 bits per heavy atom. The quantitative estimate of drug-likeness (QED) is 0.694. The van der Waals surface area contributed by atoms with Crippen molar-refractivity contribution >= 4 is 21.9 Å². The first kappa shape index (κ1) is 16.1. The van der Waals surface area contributed by atoms with E-state index in [0.29, 0.717) is 5.56 Å². The summed E-state index contributed by atoms with van der Waals surface area (Å²) < 4.78 is 30.6. The first-order valence-electron chi connectivity index (χ1n) is 5.73. The molecule has 0 fully saturated rings.